The molecule has 4 heterocycles. The minimum atomic E-state index is -0.474. The van der Waals surface area contributed by atoms with Crippen LogP contribution in [0.5, 0.6) is 0 Å². The van der Waals surface area contributed by atoms with Gasteiger partial charge in [0.1, 0.15) is 5.69 Å². The monoisotopic (exact) mass is 501 g/mol. The molecule has 0 unspecified atom stereocenters. The van der Waals surface area contributed by atoms with E-state index in [4.69, 9.17) is 0 Å². The molecular formula is C21H24BrN7O3. The number of aromatic amines is 1. The molecule has 0 aliphatic carbocycles. The summed E-state index contributed by atoms with van der Waals surface area (Å²) in [6.45, 7) is 0.640. The quantitative estimate of drug-likeness (QED) is 0.438. The Labute approximate surface area is 193 Å². The van der Waals surface area contributed by atoms with Crippen molar-refractivity contribution in [3.63, 3.8) is 0 Å². The van der Waals surface area contributed by atoms with Gasteiger partial charge < -0.3 is 20.3 Å². The molecule has 168 valence electrons. The van der Waals surface area contributed by atoms with Crippen molar-refractivity contribution >= 4 is 27.7 Å². The highest BCUT2D eigenvalue weighted by Crippen LogP contribution is 2.23. The number of halogens is 1. The van der Waals surface area contributed by atoms with Crippen LogP contribution >= 0.6 is 15.9 Å². The number of carbonyl (C=O) groups excluding carboxylic acids is 2. The second-order valence-electron chi connectivity index (χ2n) is 7.74. The van der Waals surface area contributed by atoms with Gasteiger partial charge in [0.05, 0.1) is 31.1 Å². The van der Waals surface area contributed by atoms with Crippen LogP contribution < -0.4 is 5.32 Å². The number of aliphatic hydroxyl groups is 1. The lowest BCUT2D eigenvalue weighted by molar-refractivity contribution is -0.131. The van der Waals surface area contributed by atoms with Gasteiger partial charge in [0.25, 0.3) is 5.91 Å². The maximum atomic E-state index is 13.1. The molecular weight excluding hydrogens is 478 g/mol. The highest BCUT2D eigenvalue weighted by molar-refractivity contribution is 9.10. The van der Waals surface area contributed by atoms with Crippen LogP contribution in [-0.4, -0.2) is 65.7 Å². The third-order valence-corrected chi connectivity index (χ3v) is 5.93. The van der Waals surface area contributed by atoms with E-state index in [9.17, 15) is 14.7 Å². The van der Waals surface area contributed by atoms with Gasteiger partial charge in [-0.15, -0.1) is 0 Å². The minimum Gasteiger partial charge on any atom is -0.394 e. The third kappa shape index (κ3) is 4.89. The minimum absolute atomic E-state index is 0.0480. The van der Waals surface area contributed by atoms with E-state index in [2.05, 4.69) is 41.3 Å². The molecule has 1 aliphatic rings. The summed E-state index contributed by atoms with van der Waals surface area (Å²) in [6, 6.07) is 3.20. The number of rotatable bonds is 7. The number of nitrogens with one attached hydrogen (secondary N) is 2. The van der Waals surface area contributed by atoms with Crippen LogP contribution in [0.1, 0.15) is 33.1 Å². The van der Waals surface area contributed by atoms with Crippen LogP contribution in [0.25, 0.3) is 0 Å². The van der Waals surface area contributed by atoms with Gasteiger partial charge in [-0.05, 0) is 28.1 Å². The summed E-state index contributed by atoms with van der Waals surface area (Å²) in [7, 11) is 1.72. The number of H-pyrrole nitrogens is 1. The number of pyridine rings is 1. The molecule has 11 heteroatoms. The molecule has 4 rings (SSSR count). The smallest absolute Gasteiger partial charge is 0.270 e. The van der Waals surface area contributed by atoms with Crippen LogP contribution in [-0.2, 0) is 37.6 Å². The standard InChI is InChI=1S/C21H24BrN7O3/c1-28-20(21(32)26-16(11-30)6-15-9-23-12-25-15)17-10-29(5-4-18(17)27-28)19(31)7-14-3-2-13(22)8-24-14/h2-3,8-9,12,16,30H,4-7,10-11H2,1H3,(H,23,25)(H,26,32)/t16-/m0/s1. The van der Waals surface area contributed by atoms with E-state index in [0.29, 0.717) is 37.3 Å². The highest BCUT2D eigenvalue weighted by Gasteiger charge is 2.30. The summed E-state index contributed by atoms with van der Waals surface area (Å²) in [5.41, 5.74) is 3.47. The molecule has 10 nitrogen and oxygen atoms in total. The molecule has 0 saturated carbocycles. The van der Waals surface area contributed by atoms with Crippen molar-refractivity contribution in [1.29, 1.82) is 0 Å². The molecule has 3 N–H and O–H groups in total. The molecule has 0 radical (unpaired) electrons. The number of nitrogens with zero attached hydrogens (tertiary/aromatic N) is 5. The van der Waals surface area contributed by atoms with Gasteiger partial charge in [-0.2, -0.15) is 5.10 Å². The number of carbonyl (C=O) groups is 2. The van der Waals surface area contributed by atoms with Crippen molar-refractivity contribution in [3.05, 3.63) is 63.7 Å². The maximum Gasteiger partial charge on any atom is 0.270 e. The van der Waals surface area contributed by atoms with Crippen LogP contribution in [0.15, 0.2) is 35.3 Å². The summed E-state index contributed by atoms with van der Waals surface area (Å²) in [5, 5.41) is 17.1. The summed E-state index contributed by atoms with van der Waals surface area (Å²) >= 11 is 3.34. The number of aryl methyl sites for hydroxylation is 1. The van der Waals surface area contributed by atoms with Crippen LogP contribution in [0, 0.1) is 0 Å². The third-order valence-electron chi connectivity index (χ3n) is 5.46. The molecule has 2 amide bonds. The fraction of sp³-hybridized carbons (Fsp3) is 0.381. The lowest BCUT2D eigenvalue weighted by atomic mass is 10.0. The van der Waals surface area contributed by atoms with Gasteiger partial charge in [-0.25, -0.2) is 4.98 Å². The topological polar surface area (TPSA) is 129 Å². The molecule has 0 aromatic carbocycles. The van der Waals surface area contributed by atoms with E-state index < -0.39 is 6.04 Å². The van der Waals surface area contributed by atoms with Gasteiger partial charge in [0.15, 0.2) is 0 Å². The fourth-order valence-corrected chi connectivity index (χ4v) is 4.09. The molecule has 32 heavy (non-hydrogen) atoms. The lowest BCUT2D eigenvalue weighted by Crippen LogP contribution is -2.41. The Morgan fingerprint density at radius 3 is 2.88 bits per heavy atom. The first kappa shape index (κ1) is 22.2. The van der Waals surface area contributed by atoms with Gasteiger partial charge in [-0.3, -0.25) is 19.3 Å². The van der Waals surface area contributed by atoms with Crippen molar-refractivity contribution in [3.8, 4) is 0 Å². The average molecular weight is 502 g/mol. The fourth-order valence-electron chi connectivity index (χ4n) is 3.85. The zero-order valence-corrected chi connectivity index (χ0v) is 19.2. The first-order chi connectivity index (χ1) is 15.4. The number of fused-ring (bicyclic) bond motifs is 1. The van der Waals surface area contributed by atoms with Crippen LogP contribution in [0.2, 0.25) is 0 Å². The maximum absolute atomic E-state index is 13.1. The molecule has 3 aromatic heterocycles. The van der Waals surface area contributed by atoms with E-state index in [0.717, 1.165) is 21.4 Å². The summed E-state index contributed by atoms with van der Waals surface area (Å²) < 4.78 is 2.41. The van der Waals surface area contributed by atoms with Crippen molar-refractivity contribution in [2.24, 2.45) is 7.05 Å². The zero-order valence-electron chi connectivity index (χ0n) is 17.6. The van der Waals surface area contributed by atoms with Gasteiger partial charge >= 0.3 is 0 Å². The zero-order chi connectivity index (χ0) is 22.7. The summed E-state index contributed by atoms with van der Waals surface area (Å²) in [4.78, 5) is 38.9. The Balaban J connectivity index is 1.47. The van der Waals surface area contributed by atoms with Gasteiger partial charge in [-0.1, -0.05) is 0 Å². The first-order valence-corrected chi connectivity index (χ1v) is 11.1. The molecule has 3 aromatic rings. The average Bonchev–Trinajstić information content (AvgIpc) is 3.40. The molecule has 0 fully saturated rings. The van der Waals surface area contributed by atoms with Crippen molar-refractivity contribution in [2.75, 3.05) is 13.2 Å². The Kier molecular flexibility index (Phi) is 6.66. The van der Waals surface area contributed by atoms with Gasteiger partial charge in [0, 0.05) is 66.8 Å². The molecule has 0 saturated heterocycles. The normalized spacial score (nSPS) is 14.2. The lowest BCUT2D eigenvalue weighted by Gasteiger charge is -2.27. The van der Waals surface area contributed by atoms with Crippen LogP contribution in [0.3, 0.4) is 0 Å². The number of hydrogen-bond acceptors (Lipinski definition) is 6. The van der Waals surface area contributed by atoms with Crippen molar-refractivity contribution in [2.45, 2.75) is 31.8 Å². The Morgan fingerprint density at radius 1 is 1.34 bits per heavy atom. The molecule has 1 aliphatic heterocycles. The van der Waals surface area contributed by atoms with E-state index in [1.807, 2.05) is 12.1 Å². The van der Waals surface area contributed by atoms with Crippen molar-refractivity contribution in [1.82, 2.24) is 34.9 Å². The second-order valence-corrected chi connectivity index (χ2v) is 8.66. The SMILES string of the molecule is Cn1nc2c(c1C(=O)N[C@H](CO)Cc1cnc[nH]1)CN(C(=O)Cc1ccc(Br)cn1)CC2. The number of imidazole rings is 1. The first-order valence-electron chi connectivity index (χ1n) is 10.3. The molecule has 1 atom stereocenters. The van der Waals surface area contributed by atoms with Crippen LogP contribution in [0.4, 0.5) is 0 Å². The van der Waals surface area contributed by atoms with E-state index in [-0.39, 0.29) is 24.8 Å². The predicted molar refractivity (Wildman–Crippen MR) is 119 cm³/mol. The Bertz CT molecular complexity index is 1100. The number of aliphatic hydroxyl groups excluding tert-OH is 1. The summed E-state index contributed by atoms with van der Waals surface area (Å²) in [5.74, 6) is -0.378. The van der Waals surface area contributed by atoms with Crippen molar-refractivity contribution < 1.29 is 14.7 Å². The Hall–Kier alpha value is -3.05. The second kappa shape index (κ2) is 9.61. The predicted octanol–water partition coefficient (Wildman–Crippen LogP) is 0.761. The number of hydrogen-bond donors (Lipinski definition) is 3. The Morgan fingerprint density at radius 2 is 2.19 bits per heavy atom. The molecule has 0 bridgehead atoms. The largest absolute Gasteiger partial charge is 0.394 e. The van der Waals surface area contributed by atoms with Gasteiger partial charge in [0.2, 0.25) is 5.91 Å². The number of amides is 2. The number of aromatic nitrogens is 5. The molecule has 0 spiro atoms. The summed E-state index contributed by atoms with van der Waals surface area (Å²) in [6.07, 6.45) is 6.08. The van der Waals surface area contributed by atoms with E-state index in [1.54, 1.807) is 35.4 Å². The highest BCUT2D eigenvalue weighted by atomic mass is 79.9. The van der Waals surface area contributed by atoms with E-state index >= 15 is 0 Å². The van der Waals surface area contributed by atoms with E-state index in [1.165, 1.54) is 0 Å².